The summed E-state index contributed by atoms with van der Waals surface area (Å²) in [5, 5.41) is 24.7. The summed E-state index contributed by atoms with van der Waals surface area (Å²) in [6.45, 7) is 4.68. The van der Waals surface area contributed by atoms with E-state index in [1.807, 2.05) is 36.6 Å². The number of hydrogen-bond acceptors (Lipinski definition) is 6. The number of aliphatic hydroxyl groups excluding tert-OH is 1. The van der Waals surface area contributed by atoms with Gasteiger partial charge in [0.1, 0.15) is 5.75 Å². The van der Waals surface area contributed by atoms with Gasteiger partial charge in [-0.15, -0.1) is 0 Å². The number of hydrogen-bond donors (Lipinski definition) is 2. The Bertz CT molecular complexity index is 1210. The van der Waals surface area contributed by atoms with Crippen LogP contribution in [0.4, 0.5) is 5.69 Å². The van der Waals surface area contributed by atoms with Gasteiger partial charge in [0, 0.05) is 36.8 Å². The molecule has 2 unspecified atom stereocenters. The highest BCUT2D eigenvalue weighted by molar-refractivity contribution is 7.80. The van der Waals surface area contributed by atoms with Gasteiger partial charge in [-0.1, -0.05) is 6.07 Å². The molecule has 34 heavy (non-hydrogen) atoms. The molecule has 4 rings (SSSR count). The van der Waals surface area contributed by atoms with E-state index in [4.69, 9.17) is 17.0 Å². The van der Waals surface area contributed by atoms with Crippen LogP contribution in [0.1, 0.15) is 41.1 Å². The van der Waals surface area contributed by atoms with Crippen molar-refractivity contribution < 1.29 is 14.8 Å². The minimum absolute atomic E-state index is 0.0287. The monoisotopic (exact) mass is 481 g/mol. The van der Waals surface area contributed by atoms with Gasteiger partial charge < -0.3 is 24.6 Å². The number of ether oxygens (including phenoxy) is 1. The van der Waals surface area contributed by atoms with Crippen molar-refractivity contribution in [3.8, 4) is 11.4 Å². The van der Waals surface area contributed by atoms with E-state index in [0.717, 1.165) is 28.3 Å². The predicted molar refractivity (Wildman–Crippen MR) is 132 cm³/mol. The Balaban J connectivity index is 1.84. The predicted octanol–water partition coefficient (Wildman–Crippen LogP) is 3.76. The maximum absolute atomic E-state index is 11.2. The summed E-state index contributed by atoms with van der Waals surface area (Å²) in [6.07, 6.45) is 2.35. The molecule has 1 aliphatic heterocycles. The zero-order valence-electron chi connectivity index (χ0n) is 19.3. The van der Waals surface area contributed by atoms with Gasteiger partial charge in [-0.25, -0.2) is 0 Å². The number of nitro benzene ring substituents is 1. The van der Waals surface area contributed by atoms with Gasteiger partial charge in [0.05, 0.1) is 41.6 Å². The van der Waals surface area contributed by atoms with Crippen molar-refractivity contribution in [1.29, 1.82) is 0 Å². The molecule has 1 aromatic carbocycles. The quantitative estimate of drug-likeness (QED) is 0.285. The Morgan fingerprint density at radius 1 is 1.26 bits per heavy atom. The molecule has 0 spiro atoms. The van der Waals surface area contributed by atoms with E-state index in [2.05, 4.69) is 21.3 Å². The molecule has 1 saturated heterocycles. The second kappa shape index (κ2) is 9.78. The van der Waals surface area contributed by atoms with Crippen molar-refractivity contribution >= 4 is 23.0 Å². The third-order valence-corrected chi connectivity index (χ3v) is 6.51. The lowest BCUT2D eigenvalue weighted by molar-refractivity contribution is -0.384. The largest absolute Gasteiger partial charge is 0.494 e. The lowest BCUT2D eigenvalue weighted by Gasteiger charge is -2.28. The Kier molecular flexibility index (Phi) is 6.80. The number of pyridine rings is 1. The van der Waals surface area contributed by atoms with Crippen molar-refractivity contribution in [2.45, 2.75) is 32.4 Å². The van der Waals surface area contributed by atoms with E-state index >= 15 is 0 Å². The fourth-order valence-corrected chi connectivity index (χ4v) is 4.98. The van der Waals surface area contributed by atoms with Crippen molar-refractivity contribution in [2.75, 3.05) is 20.3 Å². The lowest BCUT2D eigenvalue weighted by atomic mass is 9.96. The van der Waals surface area contributed by atoms with E-state index in [9.17, 15) is 15.2 Å². The summed E-state index contributed by atoms with van der Waals surface area (Å²) < 4.78 is 7.55. The van der Waals surface area contributed by atoms with Crippen molar-refractivity contribution in [2.24, 2.45) is 0 Å². The summed E-state index contributed by atoms with van der Waals surface area (Å²) in [7, 11) is 1.50. The van der Waals surface area contributed by atoms with Crippen LogP contribution in [0.25, 0.3) is 5.69 Å². The van der Waals surface area contributed by atoms with Gasteiger partial charge in [0.25, 0.3) is 5.69 Å². The number of benzene rings is 1. The maximum atomic E-state index is 11.2. The summed E-state index contributed by atoms with van der Waals surface area (Å²) in [4.78, 5) is 17.5. The summed E-state index contributed by atoms with van der Waals surface area (Å²) in [5.74, 6) is 0.418. The smallest absolute Gasteiger partial charge is 0.273 e. The SMILES string of the molecule is COc1cc([N+](=O)[O-])ccc1-n1c(C)cc(C2C(c3ccccn3)NC(=S)N2CCCO)c1C. The highest BCUT2D eigenvalue weighted by Crippen LogP contribution is 2.42. The van der Waals surface area contributed by atoms with E-state index in [0.29, 0.717) is 23.8 Å². The number of nitro groups is 1. The van der Waals surface area contributed by atoms with Gasteiger partial charge in [-0.3, -0.25) is 15.1 Å². The minimum atomic E-state index is -0.436. The highest BCUT2D eigenvalue weighted by atomic mass is 32.1. The van der Waals surface area contributed by atoms with E-state index in [1.165, 1.54) is 19.2 Å². The summed E-state index contributed by atoms with van der Waals surface area (Å²) in [6, 6.07) is 12.2. The first kappa shape index (κ1) is 23.7. The normalized spacial score (nSPS) is 17.6. The summed E-state index contributed by atoms with van der Waals surface area (Å²) >= 11 is 5.68. The molecule has 0 amide bonds. The van der Waals surface area contributed by atoms with E-state index in [-0.39, 0.29) is 24.4 Å². The van der Waals surface area contributed by atoms with Crippen LogP contribution < -0.4 is 10.1 Å². The molecule has 3 heterocycles. The van der Waals surface area contributed by atoms with Gasteiger partial charge in [-0.2, -0.15) is 0 Å². The van der Waals surface area contributed by atoms with Crippen LogP contribution >= 0.6 is 12.2 Å². The molecule has 178 valence electrons. The highest BCUT2D eigenvalue weighted by Gasteiger charge is 2.41. The van der Waals surface area contributed by atoms with Gasteiger partial charge in [-0.05, 0) is 62.3 Å². The van der Waals surface area contributed by atoms with Crippen LogP contribution in [0.15, 0.2) is 48.7 Å². The van der Waals surface area contributed by atoms with Crippen molar-refractivity contribution in [3.63, 3.8) is 0 Å². The number of thiocarbonyl (C=S) groups is 1. The Morgan fingerprint density at radius 3 is 2.71 bits per heavy atom. The molecule has 1 aliphatic rings. The molecule has 1 fully saturated rings. The molecule has 3 aromatic rings. The molecule has 0 aliphatic carbocycles. The number of nitrogens with zero attached hydrogens (tertiary/aromatic N) is 4. The van der Waals surface area contributed by atoms with Crippen LogP contribution in [-0.2, 0) is 0 Å². The Labute approximate surface area is 203 Å². The average molecular weight is 482 g/mol. The Morgan fingerprint density at radius 2 is 2.06 bits per heavy atom. The van der Waals surface area contributed by atoms with Crippen LogP contribution in [0.2, 0.25) is 0 Å². The van der Waals surface area contributed by atoms with Gasteiger partial charge in [0.15, 0.2) is 5.11 Å². The first-order valence-corrected chi connectivity index (χ1v) is 11.4. The number of nitrogens with one attached hydrogen (secondary N) is 1. The topological polar surface area (TPSA) is 106 Å². The third-order valence-electron chi connectivity index (χ3n) is 6.16. The van der Waals surface area contributed by atoms with Crippen LogP contribution in [0.5, 0.6) is 5.75 Å². The molecular weight excluding hydrogens is 454 g/mol. The molecule has 0 bridgehead atoms. The van der Waals surface area contributed by atoms with Crippen LogP contribution in [-0.4, -0.2) is 49.9 Å². The molecule has 2 aromatic heterocycles. The zero-order chi connectivity index (χ0) is 24.4. The summed E-state index contributed by atoms with van der Waals surface area (Å²) in [5.41, 5.74) is 4.55. The Hall–Kier alpha value is -3.50. The minimum Gasteiger partial charge on any atom is -0.494 e. The molecule has 0 radical (unpaired) electrons. The molecule has 2 N–H and O–H groups in total. The number of aryl methyl sites for hydroxylation is 1. The first-order chi connectivity index (χ1) is 16.4. The van der Waals surface area contributed by atoms with Crippen LogP contribution in [0, 0.1) is 24.0 Å². The van der Waals surface area contributed by atoms with Crippen molar-refractivity contribution in [3.05, 3.63) is 81.4 Å². The van der Waals surface area contributed by atoms with E-state index < -0.39 is 4.92 Å². The molecule has 0 saturated carbocycles. The number of non-ortho nitro benzene ring substituents is 1. The number of methoxy groups -OCH3 is 1. The third kappa shape index (κ3) is 4.22. The lowest BCUT2D eigenvalue weighted by Crippen LogP contribution is -2.31. The maximum Gasteiger partial charge on any atom is 0.273 e. The van der Waals surface area contributed by atoms with Crippen molar-refractivity contribution in [1.82, 2.24) is 19.8 Å². The van der Waals surface area contributed by atoms with E-state index in [1.54, 1.807) is 12.3 Å². The molecule has 9 nitrogen and oxygen atoms in total. The second-order valence-corrected chi connectivity index (χ2v) is 8.56. The second-order valence-electron chi connectivity index (χ2n) is 8.17. The molecular formula is C24H27N5O4S. The van der Waals surface area contributed by atoms with Gasteiger partial charge >= 0.3 is 0 Å². The standard InChI is InChI=1S/C24H27N5O4S/c1-15-13-18(16(2)28(15)20-9-8-17(29(31)32)14-21(20)33-3)23-22(19-7-4-5-10-25-19)26-24(34)27(23)11-6-12-30/h4-5,7-10,13-14,22-23,30H,6,11-12H2,1-3H3,(H,26,34). The van der Waals surface area contributed by atoms with Gasteiger partial charge in [0.2, 0.25) is 0 Å². The molecule has 2 atom stereocenters. The first-order valence-electron chi connectivity index (χ1n) is 11.0. The fourth-order valence-electron chi connectivity index (χ4n) is 4.65. The fraction of sp³-hybridized carbons (Fsp3) is 0.333. The molecule has 10 heteroatoms. The number of aromatic nitrogens is 2. The number of rotatable bonds is 8. The number of aliphatic hydroxyl groups is 1. The van der Waals surface area contributed by atoms with Crippen LogP contribution in [0.3, 0.4) is 0 Å². The zero-order valence-corrected chi connectivity index (χ0v) is 20.1. The average Bonchev–Trinajstić information content (AvgIpc) is 3.32.